The molecule has 0 bridgehead atoms. The van der Waals surface area contributed by atoms with Crippen LogP contribution in [0, 0.1) is 5.82 Å². The van der Waals surface area contributed by atoms with Gasteiger partial charge in [0.1, 0.15) is 37.1 Å². The molecule has 15 heteroatoms. The SMILES string of the molecule is CC(O)c1cn(CC(=O)N2C[C@H](F)C[C@H]2C(=O)Nc2cccc(-c3ccccc3Cl)c2F)c2ccc(-c3cnc(O[C@@H]4CO[C@H]5[C@@H]4OC[C@H]5O)nc3)cc12. The van der Waals surface area contributed by atoms with E-state index in [1.165, 1.54) is 11.0 Å². The van der Waals surface area contributed by atoms with Gasteiger partial charge in [-0.25, -0.2) is 18.7 Å². The van der Waals surface area contributed by atoms with Gasteiger partial charge in [0.05, 0.1) is 31.5 Å². The van der Waals surface area contributed by atoms with Crippen LogP contribution in [0.25, 0.3) is 33.2 Å². The highest BCUT2D eigenvalue weighted by molar-refractivity contribution is 6.33. The highest BCUT2D eigenvalue weighted by Crippen LogP contribution is 2.35. The van der Waals surface area contributed by atoms with Gasteiger partial charge in [-0.1, -0.05) is 48.0 Å². The first-order valence-electron chi connectivity index (χ1n) is 17.5. The maximum absolute atomic E-state index is 15.6. The van der Waals surface area contributed by atoms with E-state index in [0.29, 0.717) is 32.6 Å². The van der Waals surface area contributed by atoms with E-state index in [1.807, 2.05) is 12.1 Å². The zero-order chi connectivity index (χ0) is 37.7. The van der Waals surface area contributed by atoms with Crippen LogP contribution >= 0.6 is 11.6 Å². The number of hydrogen-bond acceptors (Lipinski definition) is 9. The molecule has 12 nitrogen and oxygen atoms in total. The zero-order valence-electron chi connectivity index (χ0n) is 28.9. The third-order valence-corrected chi connectivity index (χ3v) is 10.5. The highest BCUT2D eigenvalue weighted by Gasteiger charge is 2.48. The summed E-state index contributed by atoms with van der Waals surface area (Å²) in [7, 11) is 0. The average Bonchev–Trinajstić information content (AvgIpc) is 3.94. The number of aromatic nitrogens is 3. The molecule has 0 aliphatic carbocycles. The molecule has 3 aliphatic rings. The molecule has 54 heavy (non-hydrogen) atoms. The number of ether oxygens (including phenoxy) is 3. The minimum atomic E-state index is -1.45. The van der Waals surface area contributed by atoms with E-state index in [2.05, 4.69) is 15.3 Å². The van der Waals surface area contributed by atoms with Gasteiger partial charge in [0.2, 0.25) is 11.8 Å². The van der Waals surface area contributed by atoms with Crippen molar-refractivity contribution < 1.29 is 42.8 Å². The maximum Gasteiger partial charge on any atom is 0.316 e. The van der Waals surface area contributed by atoms with Gasteiger partial charge in [-0.15, -0.1) is 0 Å². The summed E-state index contributed by atoms with van der Waals surface area (Å²) in [5.74, 6) is -1.93. The number of halogens is 3. The number of fused-ring (bicyclic) bond motifs is 2. The molecule has 3 saturated heterocycles. The summed E-state index contributed by atoms with van der Waals surface area (Å²) < 4.78 is 49.2. The van der Waals surface area contributed by atoms with Crippen LogP contribution in [-0.4, -0.2) is 97.9 Å². The summed E-state index contributed by atoms with van der Waals surface area (Å²) in [6.07, 6.45) is 0.298. The molecule has 0 spiro atoms. The van der Waals surface area contributed by atoms with Gasteiger partial charge in [-0.2, -0.15) is 0 Å². The van der Waals surface area contributed by atoms with Crippen molar-refractivity contribution in [3.8, 4) is 28.3 Å². The number of aliphatic hydroxyl groups excluding tert-OH is 2. The predicted molar refractivity (Wildman–Crippen MR) is 194 cm³/mol. The Morgan fingerprint density at radius 2 is 1.80 bits per heavy atom. The van der Waals surface area contributed by atoms with E-state index in [-0.39, 0.29) is 50.0 Å². The van der Waals surface area contributed by atoms with Crippen LogP contribution in [-0.2, 0) is 25.6 Å². The fourth-order valence-electron chi connectivity index (χ4n) is 7.45. The molecular formula is C39H36ClF2N5O7. The van der Waals surface area contributed by atoms with Crippen LogP contribution in [0.3, 0.4) is 0 Å². The van der Waals surface area contributed by atoms with Crippen molar-refractivity contribution >= 4 is 40.0 Å². The molecule has 3 aliphatic heterocycles. The van der Waals surface area contributed by atoms with Gasteiger partial charge in [0.15, 0.2) is 11.9 Å². The second-order valence-electron chi connectivity index (χ2n) is 13.7. The van der Waals surface area contributed by atoms with Crippen molar-refractivity contribution in [2.75, 3.05) is 25.1 Å². The Hall–Kier alpha value is -4.99. The monoisotopic (exact) mass is 759 g/mol. The van der Waals surface area contributed by atoms with Crippen LogP contribution in [0.15, 0.2) is 79.3 Å². The van der Waals surface area contributed by atoms with Crippen LogP contribution in [0.2, 0.25) is 5.02 Å². The van der Waals surface area contributed by atoms with E-state index in [4.69, 9.17) is 25.8 Å². The molecule has 3 fully saturated rings. The largest absolute Gasteiger partial charge is 0.455 e. The van der Waals surface area contributed by atoms with Crippen molar-refractivity contribution in [3.05, 3.63) is 95.7 Å². The lowest BCUT2D eigenvalue weighted by atomic mass is 10.0. The quantitative estimate of drug-likeness (QED) is 0.187. The number of hydrogen-bond donors (Lipinski definition) is 3. The van der Waals surface area contributed by atoms with Gasteiger partial charge in [-0.05, 0) is 36.8 Å². The third kappa shape index (κ3) is 6.80. The highest BCUT2D eigenvalue weighted by atomic mass is 35.5. The molecular weight excluding hydrogens is 724 g/mol. The molecule has 2 aromatic heterocycles. The van der Waals surface area contributed by atoms with Crippen LogP contribution < -0.4 is 10.1 Å². The number of nitrogens with one attached hydrogen (secondary N) is 1. The Bertz CT molecular complexity index is 2220. The van der Waals surface area contributed by atoms with E-state index < -0.39 is 60.4 Å². The first-order chi connectivity index (χ1) is 26.0. The molecule has 8 rings (SSSR count). The first kappa shape index (κ1) is 36.0. The summed E-state index contributed by atoms with van der Waals surface area (Å²) in [5.41, 5.74) is 3.13. The smallest absolute Gasteiger partial charge is 0.316 e. The second kappa shape index (κ2) is 14.7. The normalized spacial score (nSPS) is 24.1. The Kier molecular flexibility index (Phi) is 9.79. The van der Waals surface area contributed by atoms with Gasteiger partial charge in [-0.3, -0.25) is 9.59 Å². The number of carbonyl (C=O) groups excluding carboxylic acids is 2. The number of alkyl halides is 1. The topological polar surface area (TPSA) is 148 Å². The fourth-order valence-corrected chi connectivity index (χ4v) is 7.69. The summed E-state index contributed by atoms with van der Waals surface area (Å²) in [5, 5.41) is 24.2. The Morgan fingerprint density at radius 3 is 2.57 bits per heavy atom. The second-order valence-corrected chi connectivity index (χ2v) is 14.1. The number of anilines is 1. The number of nitrogens with zero attached hydrogens (tertiary/aromatic N) is 4. The van der Waals surface area contributed by atoms with Gasteiger partial charge < -0.3 is 39.2 Å². The lowest BCUT2D eigenvalue weighted by Gasteiger charge is -2.24. The van der Waals surface area contributed by atoms with Crippen LogP contribution in [0.1, 0.15) is 25.0 Å². The molecule has 3 N–H and O–H groups in total. The molecule has 7 atom stereocenters. The van der Waals surface area contributed by atoms with Crippen molar-refractivity contribution in [2.24, 2.45) is 0 Å². The van der Waals surface area contributed by atoms with Crippen molar-refractivity contribution in [1.82, 2.24) is 19.4 Å². The minimum Gasteiger partial charge on any atom is -0.455 e. The fraction of sp³-hybridized carbons (Fsp3) is 0.333. The van der Waals surface area contributed by atoms with Crippen molar-refractivity contribution in [2.45, 2.75) is 62.6 Å². The molecule has 3 aromatic carbocycles. The number of carbonyl (C=O) groups is 2. The number of benzene rings is 3. The summed E-state index contributed by atoms with van der Waals surface area (Å²) in [4.78, 5) is 37.2. The molecule has 280 valence electrons. The van der Waals surface area contributed by atoms with Crippen molar-refractivity contribution in [1.29, 1.82) is 0 Å². The number of rotatable bonds is 9. The zero-order valence-corrected chi connectivity index (χ0v) is 29.7. The number of likely N-dealkylation sites (tertiary alicyclic amines) is 1. The van der Waals surface area contributed by atoms with E-state index >= 15 is 4.39 Å². The number of amides is 2. The Morgan fingerprint density at radius 1 is 1.04 bits per heavy atom. The van der Waals surface area contributed by atoms with Gasteiger partial charge in [0, 0.05) is 63.2 Å². The standard InChI is InChI=1S/C39H36ClF2N5O7/c1-20(48)27-16-46(30-10-9-21(11-26(27)30)22-13-43-39(44-14-22)54-33-19-53-36-32(49)18-52-37(33)36)17-34(50)47-15-23(41)12-31(47)38(51)45-29-8-4-6-25(35(29)42)24-5-2-3-7-28(24)40/h2-11,13-14,16,20,23,31-33,36-37,48-49H,12,15,17-19H2,1H3,(H,45,51)/t20?,23-,31+,32-,33-,36-,37-/m1/s1. The van der Waals surface area contributed by atoms with Crippen molar-refractivity contribution in [3.63, 3.8) is 0 Å². The lowest BCUT2D eigenvalue weighted by molar-refractivity contribution is -0.137. The summed E-state index contributed by atoms with van der Waals surface area (Å²) in [6.45, 7) is 1.50. The van der Waals surface area contributed by atoms with E-state index in [0.717, 1.165) is 5.56 Å². The van der Waals surface area contributed by atoms with Gasteiger partial charge >= 0.3 is 6.01 Å². The maximum atomic E-state index is 15.6. The molecule has 5 aromatic rings. The number of aliphatic hydroxyl groups is 2. The van der Waals surface area contributed by atoms with E-state index in [1.54, 1.807) is 72.5 Å². The molecule has 2 amide bonds. The van der Waals surface area contributed by atoms with E-state index in [9.17, 15) is 24.2 Å². The average molecular weight is 760 g/mol. The Labute approximate surface area is 313 Å². The van der Waals surface area contributed by atoms with Crippen LogP contribution in [0.4, 0.5) is 14.5 Å². The Balaban J connectivity index is 0.983. The van der Waals surface area contributed by atoms with Crippen LogP contribution in [0.5, 0.6) is 6.01 Å². The lowest BCUT2D eigenvalue weighted by Crippen LogP contribution is -2.44. The molecule has 1 unspecified atom stereocenters. The third-order valence-electron chi connectivity index (χ3n) is 10.2. The first-order valence-corrected chi connectivity index (χ1v) is 17.9. The molecule has 5 heterocycles. The van der Waals surface area contributed by atoms with Gasteiger partial charge in [0.25, 0.3) is 0 Å². The minimum absolute atomic E-state index is 0.116. The summed E-state index contributed by atoms with van der Waals surface area (Å²) in [6, 6.07) is 15.7. The summed E-state index contributed by atoms with van der Waals surface area (Å²) >= 11 is 6.29. The predicted octanol–water partition coefficient (Wildman–Crippen LogP) is 5.09. The molecule has 0 saturated carbocycles. The molecule has 0 radical (unpaired) electrons.